The number of carbonyl (C=O) groups excluding carboxylic acids is 2. The van der Waals surface area contributed by atoms with Gasteiger partial charge in [0.05, 0.1) is 17.7 Å². The Bertz CT molecular complexity index is 691. The minimum atomic E-state index is -0.398. The number of nitrogen functional groups attached to an aromatic ring is 1. The minimum Gasteiger partial charge on any atom is -0.398 e. The van der Waals surface area contributed by atoms with E-state index >= 15 is 0 Å². The predicted octanol–water partition coefficient (Wildman–Crippen LogP) is 0.193. The molecule has 0 radical (unpaired) electrons. The largest absolute Gasteiger partial charge is 0.398 e. The summed E-state index contributed by atoms with van der Waals surface area (Å²) in [5, 5.41) is 4.06. The molecular weight excluding hydrogens is 246 g/mol. The lowest BCUT2D eigenvalue weighted by atomic mass is 10.1. The van der Waals surface area contributed by atoms with Gasteiger partial charge in [0.25, 0.3) is 11.8 Å². The van der Waals surface area contributed by atoms with Crippen molar-refractivity contribution in [2.45, 2.75) is 6.54 Å². The Kier molecular flexibility index (Phi) is 2.34. The maximum Gasteiger partial charge on any atom is 0.264 e. The van der Waals surface area contributed by atoms with Crippen LogP contribution in [-0.4, -0.2) is 31.5 Å². The second-order valence-electron chi connectivity index (χ2n) is 4.30. The number of anilines is 1. The van der Waals surface area contributed by atoms with Crippen LogP contribution in [0.5, 0.6) is 0 Å². The number of rotatable bonds is 2. The van der Waals surface area contributed by atoms with E-state index in [4.69, 9.17) is 5.73 Å². The number of hydrogen-bond acceptors (Lipinski definition) is 5. The monoisotopic (exact) mass is 257 g/mol. The molecule has 3 rings (SSSR count). The van der Waals surface area contributed by atoms with Crippen LogP contribution in [0, 0.1) is 0 Å². The van der Waals surface area contributed by atoms with Crippen LogP contribution >= 0.6 is 0 Å². The van der Waals surface area contributed by atoms with E-state index in [0.29, 0.717) is 17.1 Å². The molecular formula is C12H11N5O2. The summed E-state index contributed by atoms with van der Waals surface area (Å²) in [6.07, 6.45) is 1.52. The molecule has 0 bridgehead atoms. The smallest absolute Gasteiger partial charge is 0.264 e. The molecule has 0 saturated carbocycles. The summed E-state index contributed by atoms with van der Waals surface area (Å²) < 4.78 is 1.52. The SMILES string of the molecule is Cn1cnc(CN2C(=O)c3cccc(N)c3C2=O)n1. The quantitative estimate of drug-likeness (QED) is 0.612. The molecule has 0 aliphatic carbocycles. The molecule has 2 N–H and O–H groups in total. The summed E-state index contributed by atoms with van der Waals surface area (Å²) in [7, 11) is 1.72. The van der Waals surface area contributed by atoms with Gasteiger partial charge in [-0.25, -0.2) is 4.98 Å². The minimum absolute atomic E-state index is 0.0482. The van der Waals surface area contributed by atoms with Gasteiger partial charge in [0, 0.05) is 12.7 Å². The first-order valence-electron chi connectivity index (χ1n) is 5.67. The number of nitrogens with two attached hydrogens (primary N) is 1. The van der Waals surface area contributed by atoms with Crippen LogP contribution < -0.4 is 5.73 Å². The number of nitrogens with zero attached hydrogens (tertiary/aromatic N) is 4. The average Bonchev–Trinajstić information content (AvgIpc) is 2.88. The fraction of sp³-hybridized carbons (Fsp3) is 0.167. The lowest BCUT2D eigenvalue weighted by Crippen LogP contribution is -2.29. The Morgan fingerprint density at radius 2 is 2.05 bits per heavy atom. The first-order chi connectivity index (χ1) is 9.08. The molecule has 7 nitrogen and oxygen atoms in total. The van der Waals surface area contributed by atoms with Gasteiger partial charge >= 0.3 is 0 Å². The maximum atomic E-state index is 12.2. The number of fused-ring (bicyclic) bond motifs is 1. The van der Waals surface area contributed by atoms with Crippen LogP contribution in [0.4, 0.5) is 5.69 Å². The molecule has 7 heteroatoms. The summed E-state index contributed by atoms with van der Waals surface area (Å²) >= 11 is 0. The number of aromatic nitrogens is 3. The predicted molar refractivity (Wildman–Crippen MR) is 66.1 cm³/mol. The van der Waals surface area contributed by atoms with Crippen molar-refractivity contribution in [3.05, 3.63) is 41.5 Å². The number of imide groups is 1. The molecule has 0 saturated heterocycles. The second kappa shape index (κ2) is 3.91. The molecule has 1 aromatic heterocycles. The van der Waals surface area contributed by atoms with Crippen molar-refractivity contribution >= 4 is 17.5 Å². The molecule has 2 heterocycles. The molecule has 96 valence electrons. The highest BCUT2D eigenvalue weighted by atomic mass is 16.2. The average molecular weight is 257 g/mol. The third-order valence-electron chi connectivity index (χ3n) is 2.98. The summed E-state index contributed by atoms with van der Waals surface area (Å²) in [5.74, 6) is -0.346. The normalized spacial score (nSPS) is 14.1. The van der Waals surface area contributed by atoms with Crippen LogP contribution in [0.1, 0.15) is 26.5 Å². The second-order valence-corrected chi connectivity index (χ2v) is 4.30. The van der Waals surface area contributed by atoms with Gasteiger partial charge in [-0.15, -0.1) is 0 Å². The van der Waals surface area contributed by atoms with Gasteiger partial charge in [0.15, 0.2) is 5.82 Å². The van der Waals surface area contributed by atoms with Crippen LogP contribution in [0.15, 0.2) is 24.5 Å². The van der Waals surface area contributed by atoms with Crippen molar-refractivity contribution in [3.8, 4) is 0 Å². The van der Waals surface area contributed by atoms with Gasteiger partial charge in [0.2, 0.25) is 0 Å². The van der Waals surface area contributed by atoms with Crippen LogP contribution in [0.3, 0.4) is 0 Å². The molecule has 2 aromatic rings. The van der Waals surface area contributed by atoms with E-state index in [1.165, 1.54) is 11.0 Å². The van der Waals surface area contributed by atoms with Crippen molar-refractivity contribution < 1.29 is 9.59 Å². The van der Waals surface area contributed by atoms with Gasteiger partial charge in [-0.1, -0.05) is 6.07 Å². The highest BCUT2D eigenvalue weighted by Gasteiger charge is 2.37. The van der Waals surface area contributed by atoms with Crippen LogP contribution in [0.25, 0.3) is 0 Å². The van der Waals surface area contributed by atoms with Gasteiger partial charge < -0.3 is 5.73 Å². The molecule has 1 aliphatic rings. The zero-order valence-corrected chi connectivity index (χ0v) is 10.2. The molecule has 0 spiro atoms. The highest BCUT2D eigenvalue weighted by Crippen LogP contribution is 2.28. The van der Waals surface area contributed by atoms with Crippen LogP contribution in [0.2, 0.25) is 0 Å². The van der Waals surface area contributed by atoms with E-state index in [2.05, 4.69) is 10.1 Å². The molecule has 0 atom stereocenters. The van der Waals surface area contributed by atoms with E-state index in [0.717, 1.165) is 4.90 Å². The molecule has 0 fully saturated rings. The van der Waals surface area contributed by atoms with Crippen molar-refractivity contribution in [3.63, 3.8) is 0 Å². The number of aryl methyl sites for hydroxylation is 1. The fourth-order valence-electron chi connectivity index (χ4n) is 2.10. The molecule has 0 unspecified atom stereocenters. The topological polar surface area (TPSA) is 94.1 Å². The first kappa shape index (κ1) is 11.4. The zero-order valence-electron chi connectivity index (χ0n) is 10.2. The third kappa shape index (κ3) is 1.67. The number of hydrogen-bond donors (Lipinski definition) is 1. The Balaban J connectivity index is 1.97. The molecule has 1 aliphatic heterocycles. The van der Waals surface area contributed by atoms with Crippen molar-refractivity contribution in [2.75, 3.05) is 5.73 Å². The zero-order chi connectivity index (χ0) is 13.6. The maximum absolute atomic E-state index is 12.2. The summed E-state index contributed by atoms with van der Waals surface area (Å²) in [6.45, 7) is 0.0482. The van der Waals surface area contributed by atoms with Crippen molar-refractivity contribution in [1.82, 2.24) is 19.7 Å². The Labute approximate surface area is 108 Å². The number of carbonyl (C=O) groups is 2. The Morgan fingerprint density at radius 3 is 2.68 bits per heavy atom. The van der Waals surface area contributed by atoms with Gasteiger partial charge in [-0.05, 0) is 12.1 Å². The summed E-state index contributed by atoms with van der Waals surface area (Å²) in [6, 6.07) is 4.85. The van der Waals surface area contributed by atoms with Crippen LogP contribution in [-0.2, 0) is 13.6 Å². The fourth-order valence-corrected chi connectivity index (χ4v) is 2.10. The van der Waals surface area contributed by atoms with Gasteiger partial charge in [0.1, 0.15) is 6.33 Å². The number of amides is 2. The lowest BCUT2D eigenvalue weighted by Gasteiger charge is -2.10. The molecule has 19 heavy (non-hydrogen) atoms. The van der Waals surface area contributed by atoms with Gasteiger partial charge in [-0.3, -0.25) is 19.2 Å². The standard InChI is InChI=1S/C12H11N5O2/c1-16-6-14-9(15-16)5-17-11(18)7-3-2-4-8(13)10(7)12(17)19/h2-4,6H,5,13H2,1H3. The van der Waals surface area contributed by atoms with E-state index in [9.17, 15) is 9.59 Å². The first-order valence-corrected chi connectivity index (χ1v) is 5.67. The van der Waals surface area contributed by atoms with Gasteiger partial charge in [-0.2, -0.15) is 5.10 Å². The van der Waals surface area contributed by atoms with Crippen molar-refractivity contribution in [2.24, 2.45) is 7.05 Å². The summed E-state index contributed by atoms with van der Waals surface area (Å²) in [4.78, 5) is 29.5. The summed E-state index contributed by atoms with van der Waals surface area (Å²) in [5.41, 5.74) is 6.66. The van der Waals surface area contributed by atoms with Crippen molar-refractivity contribution in [1.29, 1.82) is 0 Å². The molecule has 2 amide bonds. The van der Waals surface area contributed by atoms with E-state index in [1.807, 2.05) is 0 Å². The molecule has 1 aromatic carbocycles. The van der Waals surface area contributed by atoms with E-state index in [-0.39, 0.29) is 18.0 Å². The highest BCUT2D eigenvalue weighted by molar-refractivity contribution is 6.23. The Hall–Kier alpha value is -2.70. The van der Waals surface area contributed by atoms with E-state index < -0.39 is 5.91 Å². The van der Waals surface area contributed by atoms with E-state index in [1.54, 1.807) is 25.2 Å². The Morgan fingerprint density at radius 1 is 1.26 bits per heavy atom. The third-order valence-corrected chi connectivity index (χ3v) is 2.98. The lowest BCUT2D eigenvalue weighted by molar-refractivity contribution is 0.0638. The number of benzene rings is 1.